The van der Waals surface area contributed by atoms with E-state index in [0.717, 1.165) is 80.9 Å². The Labute approximate surface area is 300 Å². The number of phenolic OH excluding ortho intramolecular Hbond substituents is 3. The lowest BCUT2D eigenvalue weighted by atomic mass is 9.71. The maximum atomic E-state index is 11.5. The van der Waals surface area contributed by atoms with Crippen LogP contribution in [0.4, 0.5) is 0 Å². The third-order valence-corrected chi connectivity index (χ3v) is 12.0. The molecule has 3 N–H and O–H groups in total. The highest BCUT2D eigenvalue weighted by Gasteiger charge is 2.32. The molecule has 1 unspecified atom stereocenters. The van der Waals surface area contributed by atoms with Gasteiger partial charge in [-0.25, -0.2) is 0 Å². The second kappa shape index (κ2) is 16.4. The van der Waals surface area contributed by atoms with Crippen molar-refractivity contribution in [1.29, 1.82) is 0 Å². The van der Waals surface area contributed by atoms with Gasteiger partial charge in [0.2, 0.25) is 0 Å². The Morgan fingerprint density at radius 2 is 0.755 bits per heavy atom. The second-order valence-corrected chi connectivity index (χ2v) is 16.9. The van der Waals surface area contributed by atoms with Crippen LogP contribution in [0.2, 0.25) is 0 Å². The molecule has 49 heavy (non-hydrogen) atoms. The van der Waals surface area contributed by atoms with Crippen LogP contribution in [0, 0.1) is 0 Å². The molecule has 3 heteroatoms. The number of phenols is 3. The summed E-state index contributed by atoms with van der Waals surface area (Å²) in [6.07, 6.45) is 9.38. The van der Waals surface area contributed by atoms with Crippen molar-refractivity contribution in [3.8, 4) is 17.2 Å². The third-order valence-electron chi connectivity index (χ3n) is 12.0. The third kappa shape index (κ3) is 8.87. The number of benzene rings is 3. The van der Waals surface area contributed by atoms with E-state index in [2.05, 4.69) is 120 Å². The normalized spacial score (nSPS) is 13.3. The van der Waals surface area contributed by atoms with E-state index in [0.29, 0.717) is 17.2 Å². The maximum Gasteiger partial charge on any atom is 0.119 e. The molecule has 0 aliphatic rings. The Balaban J connectivity index is 2.47. The Bertz CT molecular complexity index is 1480. The zero-order valence-electron chi connectivity index (χ0n) is 33.5. The minimum absolute atomic E-state index is 0.0584. The monoisotopic (exact) mass is 671 g/mol. The number of hydrogen-bond donors (Lipinski definition) is 3. The second-order valence-electron chi connectivity index (χ2n) is 16.9. The Morgan fingerprint density at radius 1 is 0.469 bits per heavy atom. The summed E-state index contributed by atoms with van der Waals surface area (Å²) >= 11 is 0. The molecule has 0 aliphatic heterocycles. The molecule has 1 atom stereocenters. The highest BCUT2D eigenvalue weighted by molar-refractivity contribution is 5.54. The molecule has 0 aromatic heterocycles. The van der Waals surface area contributed by atoms with Crippen LogP contribution in [-0.2, 0) is 35.5 Å². The molecule has 3 rings (SSSR count). The summed E-state index contributed by atoms with van der Waals surface area (Å²) in [7, 11) is 0. The van der Waals surface area contributed by atoms with Crippen molar-refractivity contribution in [3.63, 3.8) is 0 Å². The van der Waals surface area contributed by atoms with Gasteiger partial charge in [-0.3, -0.25) is 0 Å². The molecule has 0 fully saturated rings. The van der Waals surface area contributed by atoms with Gasteiger partial charge in [0, 0.05) is 5.92 Å². The molecular weight excluding hydrogens is 601 g/mol. The number of aromatic hydroxyl groups is 3. The molecule has 0 aliphatic carbocycles. The van der Waals surface area contributed by atoms with E-state index in [1.54, 1.807) is 0 Å². The summed E-state index contributed by atoms with van der Waals surface area (Å²) in [5.41, 5.74) is 10.2. The summed E-state index contributed by atoms with van der Waals surface area (Å²) in [5.74, 6) is 1.47. The predicted octanol–water partition coefficient (Wildman–Crippen LogP) is 13.0. The van der Waals surface area contributed by atoms with Crippen LogP contribution >= 0.6 is 0 Å². The zero-order chi connectivity index (χ0) is 36.9. The van der Waals surface area contributed by atoms with Gasteiger partial charge in [-0.1, -0.05) is 127 Å². The van der Waals surface area contributed by atoms with Gasteiger partial charge in [0.1, 0.15) is 17.2 Å². The molecule has 0 amide bonds. The average Bonchev–Trinajstić information content (AvgIpc) is 3.04. The van der Waals surface area contributed by atoms with Gasteiger partial charge in [-0.2, -0.15) is 0 Å². The molecule has 0 radical (unpaired) electrons. The first kappa shape index (κ1) is 40.5. The van der Waals surface area contributed by atoms with E-state index in [-0.39, 0.29) is 28.1 Å². The molecule has 0 heterocycles. The molecule has 3 nitrogen and oxygen atoms in total. The zero-order valence-corrected chi connectivity index (χ0v) is 33.5. The Hall–Kier alpha value is -2.94. The average molecular weight is 671 g/mol. The molecule has 0 spiro atoms. The van der Waals surface area contributed by atoms with Crippen LogP contribution < -0.4 is 0 Å². The van der Waals surface area contributed by atoms with Gasteiger partial charge < -0.3 is 15.3 Å². The fourth-order valence-corrected chi connectivity index (χ4v) is 7.61. The number of rotatable bonds is 17. The van der Waals surface area contributed by atoms with Gasteiger partial charge in [-0.15, -0.1) is 0 Å². The van der Waals surface area contributed by atoms with Crippen LogP contribution in [-0.4, -0.2) is 15.3 Å². The van der Waals surface area contributed by atoms with E-state index in [1.807, 2.05) is 6.07 Å². The molecule has 272 valence electrons. The summed E-state index contributed by atoms with van der Waals surface area (Å²) in [5, 5.41) is 34.2. The van der Waals surface area contributed by atoms with E-state index in [4.69, 9.17) is 0 Å². The first-order valence-corrected chi connectivity index (χ1v) is 19.5. The summed E-state index contributed by atoms with van der Waals surface area (Å²) < 4.78 is 0. The van der Waals surface area contributed by atoms with Gasteiger partial charge in [0.15, 0.2) is 0 Å². The largest absolute Gasteiger partial charge is 0.508 e. The molecule has 3 aromatic carbocycles. The van der Waals surface area contributed by atoms with E-state index in [1.165, 1.54) is 33.4 Å². The van der Waals surface area contributed by atoms with Crippen molar-refractivity contribution >= 4 is 0 Å². The highest BCUT2D eigenvalue weighted by Crippen LogP contribution is 2.47. The summed E-state index contributed by atoms with van der Waals surface area (Å²) in [6.45, 7) is 29.0. The molecular formula is C46H70O3. The van der Waals surface area contributed by atoms with Crippen molar-refractivity contribution in [2.75, 3.05) is 0 Å². The van der Waals surface area contributed by atoms with Gasteiger partial charge in [0.05, 0.1) is 0 Å². The standard InChI is InChI=1S/C46H70O3/c1-14-20-31-24-41(47)38(44(8,9)17-4)27-34(31)30(7)23-37(35-28-39(45(10,11)18-5)42(48)25-32(35)21-15-2)36-29-40(46(12,13)19-6)43(49)26-33(36)22-16-3/h24-30,37,47-49H,14-23H2,1-13H3. The summed E-state index contributed by atoms with van der Waals surface area (Å²) in [4.78, 5) is 0. The lowest BCUT2D eigenvalue weighted by Crippen LogP contribution is -2.20. The molecule has 0 saturated heterocycles. The number of aryl methyl sites for hydroxylation is 3. The fourth-order valence-electron chi connectivity index (χ4n) is 7.61. The maximum absolute atomic E-state index is 11.5. The SMILES string of the molecule is CCCc1cc(O)c(C(C)(C)CC)cc1C(C)CC(c1cc(C(C)(C)CC)c(O)cc1CCC)c1cc(C(C)(C)CC)c(O)cc1CCC. The molecule has 0 bridgehead atoms. The van der Waals surface area contributed by atoms with Crippen LogP contribution in [0.5, 0.6) is 17.2 Å². The quantitative estimate of drug-likeness (QED) is 0.134. The van der Waals surface area contributed by atoms with Crippen molar-refractivity contribution in [1.82, 2.24) is 0 Å². The van der Waals surface area contributed by atoms with Crippen molar-refractivity contribution < 1.29 is 15.3 Å². The first-order valence-electron chi connectivity index (χ1n) is 19.5. The van der Waals surface area contributed by atoms with E-state index in [9.17, 15) is 15.3 Å². The van der Waals surface area contributed by atoms with E-state index >= 15 is 0 Å². The van der Waals surface area contributed by atoms with Crippen LogP contribution in [0.25, 0.3) is 0 Å². The minimum atomic E-state index is -0.178. The molecule has 3 aromatic rings. The smallest absolute Gasteiger partial charge is 0.119 e. The fraction of sp³-hybridized carbons (Fsp3) is 0.609. The highest BCUT2D eigenvalue weighted by atomic mass is 16.3. The lowest BCUT2D eigenvalue weighted by molar-refractivity contribution is 0.426. The lowest BCUT2D eigenvalue weighted by Gasteiger charge is -2.33. The van der Waals surface area contributed by atoms with Gasteiger partial charge in [0.25, 0.3) is 0 Å². The van der Waals surface area contributed by atoms with Gasteiger partial charge in [-0.05, 0) is 135 Å². The first-order chi connectivity index (χ1) is 22.9. The van der Waals surface area contributed by atoms with Crippen LogP contribution in [0.1, 0.15) is 197 Å². The van der Waals surface area contributed by atoms with Crippen molar-refractivity contribution in [3.05, 3.63) is 86.5 Å². The Morgan fingerprint density at radius 3 is 1.04 bits per heavy atom. The van der Waals surface area contributed by atoms with Crippen molar-refractivity contribution in [2.24, 2.45) is 0 Å². The topological polar surface area (TPSA) is 60.7 Å². The summed E-state index contributed by atoms with van der Waals surface area (Å²) in [6, 6.07) is 13.2. The van der Waals surface area contributed by atoms with E-state index < -0.39 is 0 Å². The minimum Gasteiger partial charge on any atom is -0.508 e. The Kier molecular flexibility index (Phi) is 13.5. The number of hydrogen-bond acceptors (Lipinski definition) is 3. The van der Waals surface area contributed by atoms with Crippen molar-refractivity contribution in [2.45, 2.75) is 182 Å². The van der Waals surface area contributed by atoms with Crippen LogP contribution in [0.3, 0.4) is 0 Å². The molecule has 0 saturated carbocycles. The predicted molar refractivity (Wildman–Crippen MR) is 211 cm³/mol. The van der Waals surface area contributed by atoms with Crippen LogP contribution in [0.15, 0.2) is 36.4 Å². The van der Waals surface area contributed by atoms with Gasteiger partial charge >= 0.3 is 0 Å².